The molecule has 0 radical (unpaired) electrons. The number of hydrogen-bond donors (Lipinski definition) is 3. The van der Waals surface area contributed by atoms with Gasteiger partial charge in [0, 0.05) is 52.5 Å². The number of aryl methyl sites for hydroxylation is 1. The molecule has 0 bridgehead atoms. The average molecular weight is 537 g/mol. The van der Waals surface area contributed by atoms with Crippen molar-refractivity contribution in [2.45, 2.75) is 24.7 Å². The Balaban J connectivity index is 1.56. The van der Waals surface area contributed by atoms with E-state index in [2.05, 4.69) is 9.88 Å². The first-order valence-corrected chi connectivity index (χ1v) is 13.5. The van der Waals surface area contributed by atoms with E-state index in [4.69, 9.17) is 0 Å². The first kappa shape index (κ1) is 27.0. The molecule has 1 fully saturated rings. The first-order valence-electron chi connectivity index (χ1n) is 11.9. The van der Waals surface area contributed by atoms with Crippen molar-refractivity contribution in [3.8, 4) is 0 Å². The molecule has 1 aliphatic rings. The topological polar surface area (TPSA) is 163 Å². The second-order valence-corrected chi connectivity index (χ2v) is 10.9. The van der Waals surface area contributed by atoms with E-state index in [1.807, 2.05) is 35.2 Å². The third kappa shape index (κ3) is 5.78. The zero-order valence-electron chi connectivity index (χ0n) is 20.7. The molecule has 0 aliphatic carbocycles. The molecule has 1 aliphatic heterocycles. The van der Waals surface area contributed by atoms with Crippen LogP contribution in [0.3, 0.4) is 0 Å². The molecular weight excluding hydrogens is 504 g/mol. The van der Waals surface area contributed by atoms with Crippen molar-refractivity contribution in [1.82, 2.24) is 23.6 Å². The second kappa shape index (κ2) is 10.8. The monoisotopic (exact) mass is 536 g/mol. The molecule has 202 valence electrons. The van der Waals surface area contributed by atoms with E-state index >= 15 is 0 Å². The van der Waals surface area contributed by atoms with Gasteiger partial charge in [-0.1, -0.05) is 18.2 Å². The van der Waals surface area contributed by atoms with Gasteiger partial charge in [-0.05, 0) is 18.6 Å². The molecule has 4 rings (SSSR count). The number of fused-ring (bicyclic) bond motifs is 1. The van der Waals surface area contributed by atoms with Gasteiger partial charge in [0.1, 0.15) is 6.10 Å². The van der Waals surface area contributed by atoms with Gasteiger partial charge in [-0.2, -0.15) is 8.42 Å². The molecule has 3 aromatic rings. The zero-order chi connectivity index (χ0) is 26.9. The highest BCUT2D eigenvalue weighted by molar-refractivity contribution is 7.85. The van der Waals surface area contributed by atoms with Crippen LogP contribution in [-0.4, -0.2) is 97.5 Å². The highest BCUT2D eigenvalue weighted by atomic mass is 32.2. The van der Waals surface area contributed by atoms with Crippen LogP contribution in [0.15, 0.2) is 46.2 Å². The van der Waals surface area contributed by atoms with E-state index in [9.17, 15) is 32.8 Å². The molecule has 3 atom stereocenters. The Bertz CT molecular complexity index is 1460. The smallest absolute Gasteiger partial charge is 0.332 e. The van der Waals surface area contributed by atoms with Crippen molar-refractivity contribution in [1.29, 1.82) is 0 Å². The number of piperazine rings is 1. The number of nitrogens with zero attached hydrogens (tertiary/aromatic N) is 6. The molecule has 13 nitrogen and oxygen atoms in total. The third-order valence-electron chi connectivity index (χ3n) is 6.93. The molecule has 3 heterocycles. The fourth-order valence-corrected chi connectivity index (χ4v) is 5.36. The SMILES string of the molecule is Cn1c(=O)c2c(ncn2C(CCS(=O)(=O)O)C(O)C(O)CN2CCN(c3ccccc3)CC2)n(C)c1=O. The molecule has 37 heavy (non-hydrogen) atoms. The summed E-state index contributed by atoms with van der Waals surface area (Å²) in [6.07, 6.45) is -1.85. The van der Waals surface area contributed by atoms with E-state index in [1.165, 1.54) is 29.6 Å². The Hall–Kier alpha value is -3.04. The van der Waals surface area contributed by atoms with Crippen molar-refractivity contribution < 1.29 is 23.2 Å². The molecule has 2 aromatic heterocycles. The Morgan fingerprint density at radius 3 is 2.27 bits per heavy atom. The summed E-state index contributed by atoms with van der Waals surface area (Å²) in [5.41, 5.74) is -0.119. The Morgan fingerprint density at radius 2 is 1.65 bits per heavy atom. The van der Waals surface area contributed by atoms with Gasteiger partial charge in [-0.3, -0.25) is 23.4 Å². The van der Waals surface area contributed by atoms with Gasteiger partial charge >= 0.3 is 5.69 Å². The number of aromatic nitrogens is 4. The third-order valence-corrected chi connectivity index (χ3v) is 7.68. The van der Waals surface area contributed by atoms with Crippen molar-refractivity contribution in [3.05, 3.63) is 57.5 Å². The van der Waals surface area contributed by atoms with E-state index < -0.39 is 45.4 Å². The van der Waals surface area contributed by atoms with Gasteiger partial charge in [-0.25, -0.2) is 9.78 Å². The fraction of sp³-hybridized carbons (Fsp3) is 0.522. The summed E-state index contributed by atoms with van der Waals surface area (Å²) in [5.74, 6) is -0.705. The van der Waals surface area contributed by atoms with E-state index in [-0.39, 0.29) is 24.1 Å². The predicted octanol–water partition coefficient (Wildman–Crippen LogP) is -1.20. The zero-order valence-corrected chi connectivity index (χ0v) is 21.5. The molecule has 1 saturated heterocycles. The van der Waals surface area contributed by atoms with Crippen molar-refractivity contribution in [2.75, 3.05) is 43.4 Å². The maximum Gasteiger partial charge on any atom is 0.332 e. The lowest BCUT2D eigenvalue weighted by molar-refractivity contribution is -0.0303. The number of β-amino-alcohol motifs (C(OH)–C–C–N with tert-alkyl or cyclic N) is 1. The minimum Gasteiger partial charge on any atom is -0.389 e. The summed E-state index contributed by atoms with van der Waals surface area (Å²) >= 11 is 0. The number of benzene rings is 1. The number of aliphatic hydroxyl groups is 2. The number of hydrogen-bond acceptors (Lipinski definition) is 9. The van der Waals surface area contributed by atoms with Crippen LogP contribution in [0.25, 0.3) is 11.2 Å². The molecule has 0 amide bonds. The molecular formula is C23H32N6O7S. The molecule has 1 aromatic carbocycles. The Kier molecular flexibility index (Phi) is 7.85. The van der Waals surface area contributed by atoms with Gasteiger partial charge in [0.05, 0.1) is 24.2 Å². The Morgan fingerprint density at radius 1 is 1.00 bits per heavy atom. The second-order valence-electron chi connectivity index (χ2n) is 9.35. The maximum absolute atomic E-state index is 12.9. The van der Waals surface area contributed by atoms with Crippen LogP contribution >= 0.6 is 0 Å². The van der Waals surface area contributed by atoms with Gasteiger partial charge in [0.2, 0.25) is 0 Å². The quantitative estimate of drug-likeness (QED) is 0.283. The van der Waals surface area contributed by atoms with Crippen molar-refractivity contribution in [2.24, 2.45) is 14.1 Å². The van der Waals surface area contributed by atoms with Crippen LogP contribution in [0.2, 0.25) is 0 Å². The van der Waals surface area contributed by atoms with Gasteiger partial charge in [0.15, 0.2) is 11.2 Å². The number of anilines is 1. The first-order chi connectivity index (χ1) is 17.5. The highest BCUT2D eigenvalue weighted by Gasteiger charge is 2.33. The van der Waals surface area contributed by atoms with Crippen LogP contribution in [0.1, 0.15) is 12.5 Å². The number of imidazole rings is 1. The predicted molar refractivity (Wildman–Crippen MR) is 137 cm³/mol. The molecule has 3 unspecified atom stereocenters. The van der Waals surface area contributed by atoms with Gasteiger partial charge in [0.25, 0.3) is 15.7 Å². The summed E-state index contributed by atoms with van der Waals surface area (Å²) < 4.78 is 35.7. The Labute approximate surface area is 213 Å². The summed E-state index contributed by atoms with van der Waals surface area (Å²) in [4.78, 5) is 33.6. The summed E-state index contributed by atoms with van der Waals surface area (Å²) in [7, 11) is -1.66. The van der Waals surface area contributed by atoms with E-state index in [0.29, 0.717) is 13.1 Å². The van der Waals surface area contributed by atoms with Gasteiger partial charge < -0.3 is 19.7 Å². The lowest BCUT2D eigenvalue weighted by Crippen LogP contribution is -2.51. The molecule has 0 saturated carbocycles. The fourth-order valence-electron chi connectivity index (χ4n) is 4.82. The summed E-state index contributed by atoms with van der Waals surface area (Å²) in [5, 5.41) is 22.1. The standard InChI is InChI=1S/C23H32N6O7S/c1-25-21-19(22(32)26(2)23(25)33)29(15-24-21)17(8-13-37(34,35)36)20(31)18(30)14-27-9-11-28(12-10-27)16-6-4-3-5-7-16/h3-7,15,17-18,20,30-31H,8-14H2,1-2H3,(H,34,35,36). The summed E-state index contributed by atoms with van der Waals surface area (Å²) in [6, 6.07) is 8.85. The maximum atomic E-state index is 12.9. The van der Waals surface area contributed by atoms with E-state index in [1.54, 1.807) is 0 Å². The average Bonchev–Trinajstić information content (AvgIpc) is 3.31. The number of aliphatic hydroxyl groups excluding tert-OH is 2. The minimum atomic E-state index is -4.40. The van der Waals surface area contributed by atoms with Crippen molar-refractivity contribution in [3.63, 3.8) is 0 Å². The van der Waals surface area contributed by atoms with E-state index in [0.717, 1.165) is 23.3 Å². The highest BCUT2D eigenvalue weighted by Crippen LogP contribution is 2.24. The van der Waals surface area contributed by atoms with Gasteiger partial charge in [-0.15, -0.1) is 0 Å². The minimum absolute atomic E-state index is 0.0207. The largest absolute Gasteiger partial charge is 0.389 e. The molecule has 14 heteroatoms. The van der Waals surface area contributed by atoms with Crippen LogP contribution in [0, 0.1) is 0 Å². The lowest BCUT2D eigenvalue weighted by atomic mass is 10.0. The van der Waals surface area contributed by atoms with Crippen LogP contribution in [-0.2, 0) is 24.2 Å². The molecule has 0 spiro atoms. The molecule has 3 N–H and O–H groups in total. The van der Waals surface area contributed by atoms with Crippen molar-refractivity contribution >= 4 is 27.0 Å². The number of para-hydroxylation sites is 1. The number of rotatable bonds is 9. The normalized spacial score (nSPS) is 17.7. The summed E-state index contributed by atoms with van der Waals surface area (Å²) in [6.45, 7) is 2.87. The lowest BCUT2D eigenvalue weighted by Gasteiger charge is -2.38. The van der Waals surface area contributed by atoms with Crippen LogP contribution in [0.4, 0.5) is 5.69 Å². The van der Waals surface area contributed by atoms with Crippen LogP contribution in [0.5, 0.6) is 0 Å². The van der Waals surface area contributed by atoms with Crippen LogP contribution < -0.4 is 16.1 Å².